The van der Waals surface area contributed by atoms with Crippen LogP contribution in [-0.4, -0.2) is 9.55 Å². The van der Waals surface area contributed by atoms with Crippen molar-refractivity contribution in [1.82, 2.24) is 9.55 Å². The number of H-pyrrole nitrogens is 1. The zero-order valence-electron chi connectivity index (χ0n) is 16.3. The van der Waals surface area contributed by atoms with Crippen LogP contribution in [0.5, 0.6) is 0 Å². The predicted octanol–water partition coefficient (Wildman–Crippen LogP) is 4.47. The molecule has 0 aliphatic heterocycles. The molecule has 1 aliphatic rings. The summed E-state index contributed by atoms with van der Waals surface area (Å²) >= 11 is 0. The molecule has 1 aromatic carbocycles. The summed E-state index contributed by atoms with van der Waals surface area (Å²) in [6.07, 6.45) is 5.13. The van der Waals surface area contributed by atoms with Crippen LogP contribution >= 0.6 is 0 Å². The van der Waals surface area contributed by atoms with Gasteiger partial charge in [-0.05, 0) is 37.0 Å². The van der Waals surface area contributed by atoms with Crippen LogP contribution in [0, 0.1) is 5.92 Å². The van der Waals surface area contributed by atoms with Crippen molar-refractivity contribution in [2.45, 2.75) is 72.8 Å². The Morgan fingerprint density at radius 1 is 1.08 bits per heavy atom. The van der Waals surface area contributed by atoms with Crippen molar-refractivity contribution in [3.63, 3.8) is 0 Å². The van der Waals surface area contributed by atoms with Crippen LogP contribution in [0.25, 0.3) is 10.9 Å². The maximum Gasteiger partial charge on any atom is 0.329 e. The minimum absolute atomic E-state index is 0.0239. The number of nitrogens with zero attached hydrogens (tertiary/aromatic N) is 1. The van der Waals surface area contributed by atoms with E-state index in [9.17, 15) is 9.59 Å². The Kier molecular flexibility index (Phi) is 8.46. The van der Waals surface area contributed by atoms with Gasteiger partial charge in [-0.25, -0.2) is 4.79 Å². The van der Waals surface area contributed by atoms with Gasteiger partial charge in [-0.15, -0.1) is 0 Å². The van der Waals surface area contributed by atoms with Crippen molar-refractivity contribution < 1.29 is 0 Å². The lowest BCUT2D eigenvalue weighted by atomic mass is 9.95. The van der Waals surface area contributed by atoms with Gasteiger partial charge >= 0.3 is 5.69 Å². The van der Waals surface area contributed by atoms with E-state index in [-0.39, 0.29) is 17.3 Å². The van der Waals surface area contributed by atoms with Gasteiger partial charge in [0.25, 0.3) is 5.56 Å². The molecule has 140 valence electrons. The largest absolute Gasteiger partial charge is 0.399 e. The molecule has 0 radical (unpaired) electrons. The standard InChI is InChI=1S/C14H17N3O2.C4H10.C2H6/c15-9-6-7-12-11(8-9)13(18)17(14(19)16-12)10-4-2-1-3-5-10;1-4(2)3;1-2/h6-8,10H,1-5,15H2,(H,16,19);4H,1-3H3;1-2H3. The van der Waals surface area contributed by atoms with Crippen LogP contribution in [-0.2, 0) is 0 Å². The van der Waals surface area contributed by atoms with E-state index < -0.39 is 0 Å². The zero-order chi connectivity index (χ0) is 19.0. The SMILES string of the molecule is CC.CC(C)C.Nc1ccc2[nH]c(=O)n(C3CCCCC3)c(=O)c2c1. The van der Waals surface area contributed by atoms with Gasteiger partial charge in [0, 0.05) is 11.7 Å². The molecule has 3 N–H and O–H groups in total. The lowest BCUT2D eigenvalue weighted by Crippen LogP contribution is -2.38. The number of rotatable bonds is 1. The lowest BCUT2D eigenvalue weighted by Gasteiger charge is -2.23. The number of hydrogen-bond acceptors (Lipinski definition) is 3. The number of nitrogens with one attached hydrogen (secondary N) is 1. The van der Waals surface area contributed by atoms with E-state index in [1.807, 2.05) is 13.8 Å². The molecular formula is C20H33N3O2. The second kappa shape index (κ2) is 10.1. The normalized spacial score (nSPS) is 14.5. The Labute approximate surface area is 150 Å². The summed E-state index contributed by atoms with van der Waals surface area (Å²) in [5.74, 6) is 0.833. The van der Waals surface area contributed by atoms with Gasteiger partial charge in [-0.1, -0.05) is 53.9 Å². The summed E-state index contributed by atoms with van der Waals surface area (Å²) in [4.78, 5) is 27.4. The van der Waals surface area contributed by atoms with Crippen molar-refractivity contribution in [3.05, 3.63) is 39.0 Å². The third-order valence-electron chi connectivity index (χ3n) is 3.89. The molecule has 0 spiro atoms. The lowest BCUT2D eigenvalue weighted by molar-refractivity contribution is 0.338. The molecule has 3 rings (SSSR count). The quantitative estimate of drug-likeness (QED) is 0.747. The molecular weight excluding hydrogens is 314 g/mol. The van der Waals surface area contributed by atoms with Gasteiger partial charge < -0.3 is 10.7 Å². The number of anilines is 1. The monoisotopic (exact) mass is 347 g/mol. The Hall–Kier alpha value is -2.04. The van der Waals surface area contributed by atoms with Crippen molar-refractivity contribution in [1.29, 1.82) is 0 Å². The number of nitrogen functional groups attached to an aromatic ring is 1. The number of hydrogen-bond donors (Lipinski definition) is 2. The highest BCUT2D eigenvalue weighted by molar-refractivity contribution is 5.80. The highest BCUT2D eigenvalue weighted by Gasteiger charge is 2.19. The summed E-state index contributed by atoms with van der Waals surface area (Å²) in [5, 5.41) is 0.491. The summed E-state index contributed by atoms with van der Waals surface area (Å²) in [7, 11) is 0. The molecule has 0 amide bonds. The van der Waals surface area contributed by atoms with Gasteiger partial charge in [-0.2, -0.15) is 0 Å². The first kappa shape index (κ1) is 21.0. The van der Waals surface area contributed by atoms with E-state index in [0.717, 1.165) is 31.6 Å². The highest BCUT2D eigenvalue weighted by Crippen LogP contribution is 2.26. The maximum absolute atomic E-state index is 12.5. The predicted molar refractivity (Wildman–Crippen MR) is 107 cm³/mol. The fraction of sp³-hybridized carbons (Fsp3) is 0.600. The molecule has 2 aromatic rings. The number of aromatic amines is 1. The summed E-state index contributed by atoms with van der Waals surface area (Å²) in [6, 6.07) is 5.02. The van der Waals surface area contributed by atoms with E-state index in [0.29, 0.717) is 16.6 Å². The second-order valence-electron chi connectivity index (χ2n) is 6.93. The van der Waals surface area contributed by atoms with E-state index in [2.05, 4.69) is 25.8 Å². The van der Waals surface area contributed by atoms with Gasteiger partial charge in [0.05, 0.1) is 10.9 Å². The van der Waals surface area contributed by atoms with Crippen LogP contribution in [0.3, 0.4) is 0 Å². The summed E-state index contributed by atoms with van der Waals surface area (Å²) in [6.45, 7) is 10.5. The molecule has 1 aromatic heterocycles. The molecule has 1 aliphatic carbocycles. The van der Waals surface area contributed by atoms with Crippen molar-refractivity contribution in [3.8, 4) is 0 Å². The van der Waals surface area contributed by atoms with Crippen LogP contribution in [0.15, 0.2) is 27.8 Å². The highest BCUT2D eigenvalue weighted by atomic mass is 16.2. The van der Waals surface area contributed by atoms with E-state index in [1.165, 1.54) is 11.0 Å². The third-order valence-corrected chi connectivity index (χ3v) is 3.89. The number of nitrogens with two attached hydrogens (primary N) is 1. The van der Waals surface area contributed by atoms with Gasteiger partial charge in [0.15, 0.2) is 0 Å². The van der Waals surface area contributed by atoms with E-state index in [4.69, 9.17) is 5.73 Å². The van der Waals surface area contributed by atoms with Gasteiger partial charge in [0.2, 0.25) is 0 Å². The zero-order valence-corrected chi connectivity index (χ0v) is 16.3. The summed E-state index contributed by atoms with van der Waals surface area (Å²) < 4.78 is 1.38. The fourth-order valence-electron chi connectivity index (χ4n) is 2.92. The number of benzene rings is 1. The first-order valence-corrected chi connectivity index (χ1v) is 9.44. The van der Waals surface area contributed by atoms with Crippen molar-refractivity contribution in [2.75, 3.05) is 5.73 Å². The second-order valence-corrected chi connectivity index (χ2v) is 6.93. The van der Waals surface area contributed by atoms with Crippen LogP contribution in [0.2, 0.25) is 0 Å². The molecule has 0 saturated heterocycles. The van der Waals surface area contributed by atoms with E-state index in [1.54, 1.807) is 18.2 Å². The third kappa shape index (κ3) is 5.76. The minimum Gasteiger partial charge on any atom is -0.399 e. The van der Waals surface area contributed by atoms with Gasteiger partial charge in [0.1, 0.15) is 0 Å². The summed E-state index contributed by atoms with van der Waals surface area (Å²) in [5.41, 5.74) is 6.27. The molecule has 25 heavy (non-hydrogen) atoms. The first-order valence-electron chi connectivity index (χ1n) is 9.44. The molecule has 1 heterocycles. The molecule has 0 bridgehead atoms. The van der Waals surface area contributed by atoms with Crippen molar-refractivity contribution in [2.24, 2.45) is 5.92 Å². The Morgan fingerprint density at radius 3 is 2.20 bits per heavy atom. The Balaban J connectivity index is 0.000000461. The van der Waals surface area contributed by atoms with Crippen LogP contribution < -0.4 is 17.0 Å². The van der Waals surface area contributed by atoms with Crippen LogP contribution in [0.4, 0.5) is 5.69 Å². The van der Waals surface area contributed by atoms with Gasteiger partial charge in [-0.3, -0.25) is 9.36 Å². The number of fused-ring (bicyclic) bond motifs is 1. The average molecular weight is 348 g/mol. The molecule has 1 fully saturated rings. The van der Waals surface area contributed by atoms with E-state index >= 15 is 0 Å². The molecule has 5 nitrogen and oxygen atoms in total. The number of aromatic nitrogens is 2. The molecule has 1 saturated carbocycles. The Bertz CT molecular complexity index is 766. The topological polar surface area (TPSA) is 80.9 Å². The average Bonchev–Trinajstić information content (AvgIpc) is 2.58. The maximum atomic E-state index is 12.5. The van der Waals surface area contributed by atoms with Crippen LogP contribution in [0.1, 0.15) is 72.8 Å². The van der Waals surface area contributed by atoms with Crippen molar-refractivity contribution >= 4 is 16.6 Å². The minimum atomic E-state index is -0.311. The Morgan fingerprint density at radius 2 is 1.64 bits per heavy atom. The molecule has 0 unspecified atom stereocenters. The first-order chi connectivity index (χ1) is 11.9. The fourth-order valence-corrected chi connectivity index (χ4v) is 2.92. The molecule has 0 atom stereocenters. The smallest absolute Gasteiger partial charge is 0.329 e. The molecule has 5 heteroatoms.